The molecular formula is C14H20N2O4. The number of aromatic carboxylic acids is 1. The molecule has 0 aliphatic carbocycles. The molecule has 0 aromatic heterocycles. The quantitative estimate of drug-likeness (QED) is 0.587. The zero-order chi connectivity index (χ0) is 15.3. The van der Waals surface area contributed by atoms with E-state index in [1.807, 2.05) is 20.8 Å². The lowest BCUT2D eigenvalue weighted by Gasteiger charge is -2.32. The highest BCUT2D eigenvalue weighted by Crippen LogP contribution is 2.32. The number of hydrogen-bond donors (Lipinski definition) is 2. The summed E-state index contributed by atoms with van der Waals surface area (Å²) in [6.07, 6.45) is 2.40. The highest BCUT2D eigenvalue weighted by molar-refractivity contribution is 5.90. The molecule has 0 spiro atoms. The molecule has 1 aromatic carbocycles. The number of nitro benzene ring substituents is 1. The van der Waals surface area contributed by atoms with Crippen LogP contribution in [0.4, 0.5) is 11.4 Å². The third kappa shape index (κ3) is 3.26. The third-order valence-electron chi connectivity index (χ3n) is 3.87. The molecule has 0 bridgehead atoms. The van der Waals surface area contributed by atoms with E-state index in [-0.39, 0.29) is 22.5 Å². The predicted molar refractivity (Wildman–Crippen MR) is 77.3 cm³/mol. The molecule has 0 aliphatic heterocycles. The number of carboxylic acids is 1. The maximum atomic E-state index is 11.1. The SMILES string of the molecule is CCC(CC)(CC)Nc1cc(C(=O)O)ccc1[N+](=O)[O-]. The van der Waals surface area contributed by atoms with Crippen molar-refractivity contribution in [1.29, 1.82) is 0 Å². The first-order valence-electron chi connectivity index (χ1n) is 6.69. The Morgan fingerprint density at radius 2 is 1.85 bits per heavy atom. The van der Waals surface area contributed by atoms with E-state index < -0.39 is 10.9 Å². The standard InChI is InChI=1S/C14H20N2O4/c1-4-14(5-2,6-3)15-11-9-10(13(17)18)7-8-12(11)16(19)20/h7-9,15H,4-6H2,1-3H3,(H,17,18). The lowest BCUT2D eigenvalue weighted by molar-refractivity contribution is -0.384. The lowest BCUT2D eigenvalue weighted by atomic mass is 9.89. The van der Waals surface area contributed by atoms with E-state index in [4.69, 9.17) is 5.11 Å². The molecule has 6 heteroatoms. The first-order valence-corrected chi connectivity index (χ1v) is 6.69. The Bertz CT molecular complexity index is 502. The van der Waals surface area contributed by atoms with Crippen LogP contribution in [0.25, 0.3) is 0 Å². The zero-order valence-corrected chi connectivity index (χ0v) is 12.0. The van der Waals surface area contributed by atoms with Crippen molar-refractivity contribution < 1.29 is 14.8 Å². The average molecular weight is 280 g/mol. The molecule has 2 N–H and O–H groups in total. The van der Waals surface area contributed by atoms with Gasteiger partial charge in [-0.15, -0.1) is 0 Å². The van der Waals surface area contributed by atoms with Gasteiger partial charge in [0.05, 0.1) is 10.5 Å². The molecule has 0 aliphatic rings. The number of carboxylic acid groups (broad SMARTS) is 1. The van der Waals surface area contributed by atoms with E-state index in [1.54, 1.807) is 0 Å². The van der Waals surface area contributed by atoms with Crippen LogP contribution in [0.3, 0.4) is 0 Å². The topological polar surface area (TPSA) is 92.5 Å². The predicted octanol–water partition coefficient (Wildman–Crippen LogP) is 3.67. The van der Waals surface area contributed by atoms with Crippen LogP contribution in [0, 0.1) is 10.1 Å². The molecule has 0 unspecified atom stereocenters. The van der Waals surface area contributed by atoms with E-state index in [1.165, 1.54) is 18.2 Å². The normalized spacial score (nSPS) is 11.2. The van der Waals surface area contributed by atoms with Crippen molar-refractivity contribution in [2.45, 2.75) is 45.6 Å². The van der Waals surface area contributed by atoms with Gasteiger partial charge in [-0.2, -0.15) is 0 Å². The average Bonchev–Trinajstić information content (AvgIpc) is 2.44. The summed E-state index contributed by atoms with van der Waals surface area (Å²) in [5.74, 6) is -1.10. The number of benzene rings is 1. The second kappa shape index (κ2) is 6.36. The first kappa shape index (κ1) is 15.9. The van der Waals surface area contributed by atoms with Gasteiger partial charge < -0.3 is 10.4 Å². The Morgan fingerprint density at radius 1 is 1.30 bits per heavy atom. The maximum absolute atomic E-state index is 11.1. The van der Waals surface area contributed by atoms with E-state index in [9.17, 15) is 14.9 Å². The van der Waals surface area contributed by atoms with Gasteiger partial charge in [0.25, 0.3) is 5.69 Å². The summed E-state index contributed by atoms with van der Waals surface area (Å²) < 4.78 is 0. The highest BCUT2D eigenvalue weighted by atomic mass is 16.6. The van der Waals surface area contributed by atoms with Crippen LogP contribution in [0.5, 0.6) is 0 Å². The van der Waals surface area contributed by atoms with Gasteiger partial charge in [0.15, 0.2) is 0 Å². The van der Waals surface area contributed by atoms with Gasteiger partial charge in [-0.3, -0.25) is 10.1 Å². The van der Waals surface area contributed by atoms with Crippen LogP contribution in [-0.4, -0.2) is 21.5 Å². The minimum absolute atomic E-state index is 0.0373. The molecule has 0 amide bonds. The smallest absolute Gasteiger partial charge is 0.335 e. The molecule has 0 atom stereocenters. The van der Waals surface area contributed by atoms with Crippen LogP contribution in [0.2, 0.25) is 0 Å². The van der Waals surface area contributed by atoms with Gasteiger partial charge in [-0.1, -0.05) is 20.8 Å². The Balaban J connectivity index is 3.29. The summed E-state index contributed by atoms with van der Waals surface area (Å²) in [4.78, 5) is 21.6. The van der Waals surface area contributed by atoms with E-state index >= 15 is 0 Å². The maximum Gasteiger partial charge on any atom is 0.335 e. The minimum atomic E-state index is -1.10. The first-order chi connectivity index (χ1) is 9.39. The van der Waals surface area contributed by atoms with Crippen LogP contribution in [0.1, 0.15) is 50.4 Å². The molecule has 0 radical (unpaired) electrons. The fraction of sp³-hybridized carbons (Fsp3) is 0.500. The summed E-state index contributed by atoms with van der Waals surface area (Å²) in [6, 6.07) is 3.81. The summed E-state index contributed by atoms with van der Waals surface area (Å²) >= 11 is 0. The number of nitrogens with zero attached hydrogens (tertiary/aromatic N) is 1. The van der Waals surface area contributed by atoms with Gasteiger partial charge in [-0.05, 0) is 31.4 Å². The van der Waals surface area contributed by atoms with Crippen molar-refractivity contribution in [2.75, 3.05) is 5.32 Å². The molecule has 110 valence electrons. The summed E-state index contributed by atoms with van der Waals surface area (Å²) in [7, 11) is 0. The lowest BCUT2D eigenvalue weighted by Crippen LogP contribution is -2.36. The second-order valence-corrected chi connectivity index (χ2v) is 4.76. The van der Waals surface area contributed by atoms with Gasteiger partial charge in [0.1, 0.15) is 5.69 Å². The molecule has 20 heavy (non-hydrogen) atoms. The molecule has 1 aromatic rings. The fourth-order valence-corrected chi connectivity index (χ4v) is 2.23. The van der Waals surface area contributed by atoms with Crippen molar-refractivity contribution in [2.24, 2.45) is 0 Å². The number of anilines is 1. The van der Waals surface area contributed by atoms with Gasteiger partial charge in [0.2, 0.25) is 0 Å². The van der Waals surface area contributed by atoms with Crippen molar-refractivity contribution in [3.8, 4) is 0 Å². The number of nitrogens with one attached hydrogen (secondary N) is 1. The molecule has 1 rings (SSSR count). The molecular weight excluding hydrogens is 260 g/mol. The Labute approximate surface area is 118 Å². The molecule has 0 heterocycles. The van der Waals surface area contributed by atoms with Crippen molar-refractivity contribution in [1.82, 2.24) is 0 Å². The third-order valence-corrected chi connectivity index (χ3v) is 3.87. The van der Waals surface area contributed by atoms with E-state index in [0.717, 1.165) is 19.3 Å². The van der Waals surface area contributed by atoms with Crippen LogP contribution in [0.15, 0.2) is 18.2 Å². The monoisotopic (exact) mass is 280 g/mol. The molecule has 0 saturated heterocycles. The van der Waals surface area contributed by atoms with Crippen molar-refractivity contribution in [3.05, 3.63) is 33.9 Å². The largest absolute Gasteiger partial charge is 0.478 e. The van der Waals surface area contributed by atoms with Crippen LogP contribution in [-0.2, 0) is 0 Å². The molecule has 0 saturated carbocycles. The van der Waals surface area contributed by atoms with E-state index in [2.05, 4.69) is 5.32 Å². The fourth-order valence-electron chi connectivity index (χ4n) is 2.23. The molecule has 0 fully saturated rings. The number of rotatable bonds is 7. The van der Waals surface area contributed by atoms with Gasteiger partial charge in [0, 0.05) is 11.6 Å². The Kier molecular flexibility index (Phi) is 5.07. The zero-order valence-electron chi connectivity index (χ0n) is 12.0. The summed E-state index contributed by atoms with van der Waals surface area (Å²) in [5.41, 5.74) is -0.0625. The second-order valence-electron chi connectivity index (χ2n) is 4.76. The Morgan fingerprint density at radius 3 is 2.25 bits per heavy atom. The molecule has 6 nitrogen and oxygen atoms in total. The van der Waals surface area contributed by atoms with Gasteiger partial charge >= 0.3 is 5.97 Å². The summed E-state index contributed by atoms with van der Waals surface area (Å²) in [6.45, 7) is 6.02. The number of carbonyl (C=O) groups is 1. The number of nitro groups is 1. The highest BCUT2D eigenvalue weighted by Gasteiger charge is 2.27. The number of hydrogen-bond acceptors (Lipinski definition) is 4. The summed E-state index contributed by atoms with van der Waals surface area (Å²) in [5, 5.41) is 23.3. The van der Waals surface area contributed by atoms with Gasteiger partial charge in [-0.25, -0.2) is 4.79 Å². The van der Waals surface area contributed by atoms with Crippen molar-refractivity contribution >= 4 is 17.3 Å². The van der Waals surface area contributed by atoms with E-state index in [0.29, 0.717) is 0 Å². The van der Waals surface area contributed by atoms with Crippen LogP contribution < -0.4 is 5.32 Å². The minimum Gasteiger partial charge on any atom is -0.478 e. The van der Waals surface area contributed by atoms with Crippen LogP contribution >= 0.6 is 0 Å². The van der Waals surface area contributed by atoms with Crippen molar-refractivity contribution in [3.63, 3.8) is 0 Å². The Hall–Kier alpha value is -2.11.